The highest BCUT2D eigenvalue weighted by molar-refractivity contribution is 6.25. The molecule has 0 saturated heterocycles. The van der Waals surface area contributed by atoms with Crippen molar-refractivity contribution in [1.82, 2.24) is 4.98 Å². The van der Waals surface area contributed by atoms with Crippen LogP contribution in [-0.4, -0.2) is 35.7 Å². The number of aromatic nitrogens is 1. The van der Waals surface area contributed by atoms with Gasteiger partial charge < -0.3 is 4.74 Å². The summed E-state index contributed by atoms with van der Waals surface area (Å²) >= 11 is 0. The van der Waals surface area contributed by atoms with Crippen molar-refractivity contribution in [1.29, 1.82) is 0 Å². The molecule has 7 heteroatoms. The fourth-order valence-corrected chi connectivity index (χ4v) is 0.939. The van der Waals surface area contributed by atoms with E-state index in [9.17, 15) is 19.7 Å². The minimum atomic E-state index is -0.730. The first-order valence-corrected chi connectivity index (χ1v) is 6.12. The van der Waals surface area contributed by atoms with Crippen LogP contribution in [0, 0.1) is 10.1 Å². The molecule has 0 aliphatic carbocycles. The van der Waals surface area contributed by atoms with E-state index in [-0.39, 0.29) is 24.1 Å². The Morgan fingerprint density at radius 2 is 2.05 bits per heavy atom. The van der Waals surface area contributed by atoms with E-state index in [1.165, 1.54) is 18.3 Å². The van der Waals surface area contributed by atoms with Crippen molar-refractivity contribution in [3.63, 3.8) is 0 Å². The Bertz CT molecular complexity index is 419. The van der Waals surface area contributed by atoms with Gasteiger partial charge in [0.2, 0.25) is 5.78 Å². The number of hydrogen-bond acceptors (Lipinski definition) is 6. The van der Waals surface area contributed by atoms with Crippen molar-refractivity contribution < 1.29 is 19.2 Å². The Kier molecular flexibility index (Phi) is 13.4. The van der Waals surface area contributed by atoms with E-state index >= 15 is 0 Å². The number of nitro groups is 1. The summed E-state index contributed by atoms with van der Waals surface area (Å²) in [7, 11) is 1.68. The zero-order valence-corrected chi connectivity index (χ0v) is 12.2. The number of hydrogen-bond donors (Lipinski definition) is 0. The Labute approximate surface area is 118 Å². The zero-order chi connectivity index (χ0) is 16.0. The van der Waals surface area contributed by atoms with Gasteiger partial charge in [0.15, 0.2) is 6.29 Å². The molecule has 0 bridgehead atoms. The molecule has 0 amide bonds. The van der Waals surface area contributed by atoms with Crippen LogP contribution in [0.25, 0.3) is 0 Å². The molecular formula is C13H20N2O5. The highest BCUT2D eigenvalue weighted by atomic mass is 16.6. The fourth-order valence-electron chi connectivity index (χ4n) is 0.939. The van der Waals surface area contributed by atoms with Gasteiger partial charge in [-0.3, -0.25) is 24.7 Å². The molecule has 7 nitrogen and oxygen atoms in total. The molecule has 0 radical (unpaired) electrons. The van der Waals surface area contributed by atoms with Crippen molar-refractivity contribution in [2.24, 2.45) is 0 Å². The van der Waals surface area contributed by atoms with Crippen molar-refractivity contribution in [2.75, 3.05) is 13.7 Å². The fraction of sp³-hybridized carbons (Fsp3) is 0.462. The maximum Gasteiger partial charge on any atom is 0.291 e. The van der Waals surface area contributed by atoms with Crippen LogP contribution >= 0.6 is 0 Å². The number of ether oxygens (including phenoxy) is 1. The largest absolute Gasteiger partial charge is 0.385 e. The second-order valence-electron chi connectivity index (χ2n) is 3.06. The molecule has 0 aromatic carbocycles. The van der Waals surface area contributed by atoms with E-state index in [0.29, 0.717) is 0 Å². The van der Waals surface area contributed by atoms with E-state index in [1.54, 1.807) is 7.11 Å². The third-order valence-corrected chi connectivity index (χ3v) is 1.82. The first kappa shape index (κ1) is 20.2. The molecule has 0 atom stereocenters. The maximum absolute atomic E-state index is 10.7. The smallest absolute Gasteiger partial charge is 0.291 e. The van der Waals surface area contributed by atoms with Crippen LogP contribution in [0.3, 0.4) is 0 Å². The number of methoxy groups -OCH3 is 1. The Balaban J connectivity index is 0. The number of ketones is 1. The molecule has 0 spiro atoms. The summed E-state index contributed by atoms with van der Waals surface area (Å²) in [6.45, 7) is 6.78. The molecular weight excluding hydrogens is 264 g/mol. The lowest BCUT2D eigenvalue weighted by Crippen LogP contribution is -2.07. The third kappa shape index (κ3) is 8.87. The molecule has 0 aliphatic heterocycles. The molecule has 1 heterocycles. The second-order valence-corrected chi connectivity index (χ2v) is 3.06. The van der Waals surface area contributed by atoms with E-state index in [0.717, 1.165) is 6.61 Å². The Morgan fingerprint density at radius 1 is 1.50 bits per heavy atom. The topological polar surface area (TPSA) is 99.4 Å². The van der Waals surface area contributed by atoms with Gasteiger partial charge in [-0.15, -0.1) is 0 Å². The van der Waals surface area contributed by atoms with Crippen molar-refractivity contribution in [2.45, 2.75) is 27.2 Å². The number of pyridine rings is 1. The van der Waals surface area contributed by atoms with Gasteiger partial charge in [0, 0.05) is 26.0 Å². The van der Waals surface area contributed by atoms with Crippen LogP contribution < -0.4 is 0 Å². The molecule has 0 N–H and O–H groups in total. The van der Waals surface area contributed by atoms with Crippen LogP contribution in [-0.2, 0) is 20.7 Å². The van der Waals surface area contributed by atoms with Crippen LogP contribution in [0.2, 0.25) is 0 Å². The lowest BCUT2D eigenvalue weighted by Gasteiger charge is -1.97. The highest BCUT2D eigenvalue weighted by Crippen LogP contribution is 2.15. The number of nitrogens with zero attached hydrogens (tertiary/aromatic N) is 2. The van der Waals surface area contributed by atoms with Crippen LogP contribution in [0.4, 0.5) is 5.69 Å². The Hall–Kier alpha value is -2.15. The summed E-state index contributed by atoms with van der Waals surface area (Å²) in [5.74, 6) is -0.730. The van der Waals surface area contributed by atoms with Crippen LogP contribution in [0.5, 0.6) is 0 Å². The summed E-state index contributed by atoms with van der Waals surface area (Å²) < 4.78 is 4.54. The normalized spacial score (nSPS) is 8.40. The summed E-state index contributed by atoms with van der Waals surface area (Å²) in [5, 5.41) is 10.5. The van der Waals surface area contributed by atoms with Crippen molar-refractivity contribution in [3.05, 3.63) is 34.1 Å². The van der Waals surface area contributed by atoms with Gasteiger partial charge in [0.05, 0.1) is 11.3 Å². The molecule has 1 aromatic rings. The van der Waals surface area contributed by atoms with Crippen LogP contribution in [0.1, 0.15) is 26.5 Å². The van der Waals surface area contributed by atoms with Crippen molar-refractivity contribution in [3.8, 4) is 0 Å². The minimum absolute atomic E-state index is 0.00889. The molecule has 1 aromatic heterocycles. The molecule has 0 fully saturated rings. The van der Waals surface area contributed by atoms with Gasteiger partial charge in [0.25, 0.3) is 5.69 Å². The molecule has 0 unspecified atom stereocenters. The second kappa shape index (κ2) is 13.3. The number of carbonyl (C=O) groups is 2. The van der Waals surface area contributed by atoms with E-state index in [1.807, 2.05) is 20.8 Å². The number of carbonyl (C=O) groups excluding carboxylic acids is 2. The maximum atomic E-state index is 10.7. The summed E-state index contributed by atoms with van der Waals surface area (Å²) in [6.07, 6.45) is 1.12. The van der Waals surface area contributed by atoms with Gasteiger partial charge in [-0.2, -0.15) is 0 Å². The van der Waals surface area contributed by atoms with Gasteiger partial charge in [-0.25, -0.2) is 0 Å². The van der Waals surface area contributed by atoms with E-state index in [2.05, 4.69) is 9.72 Å². The zero-order valence-electron chi connectivity index (χ0n) is 12.2. The van der Waals surface area contributed by atoms with Gasteiger partial charge in [0.1, 0.15) is 5.69 Å². The van der Waals surface area contributed by atoms with E-state index < -0.39 is 10.7 Å². The van der Waals surface area contributed by atoms with Gasteiger partial charge in [-0.05, 0) is 13.0 Å². The third-order valence-electron chi connectivity index (χ3n) is 1.82. The average molecular weight is 284 g/mol. The highest BCUT2D eigenvalue weighted by Gasteiger charge is 2.16. The summed E-state index contributed by atoms with van der Waals surface area (Å²) in [6, 6.07) is 2.63. The number of aldehydes is 1. The first-order chi connectivity index (χ1) is 9.56. The minimum Gasteiger partial charge on any atom is -0.385 e. The first-order valence-electron chi connectivity index (χ1n) is 6.12. The van der Waals surface area contributed by atoms with Gasteiger partial charge in [-0.1, -0.05) is 13.8 Å². The summed E-state index contributed by atoms with van der Waals surface area (Å²) in [4.78, 5) is 34.3. The molecule has 20 heavy (non-hydrogen) atoms. The average Bonchev–Trinajstić information content (AvgIpc) is 2.49. The predicted molar refractivity (Wildman–Crippen MR) is 74.6 cm³/mol. The van der Waals surface area contributed by atoms with Gasteiger partial charge >= 0.3 is 0 Å². The molecule has 0 saturated carbocycles. The SMILES string of the molecule is CC.CCOC.O=CC(=O)Cc1ncccc1[N+](=O)[O-]. The standard InChI is InChI=1S/C8H6N2O4.C3H8O.C2H6/c11-5-6(12)4-7-8(10(13)14)2-1-3-9-7;1-3-4-2;1-2/h1-3,5H,4H2;3H2,1-2H3;1-2H3. The summed E-state index contributed by atoms with van der Waals surface area (Å²) in [5.41, 5.74) is -0.239. The lowest BCUT2D eigenvalue weighted by molar-refractivity contribution is -0.385. The molecule has 0 aliphatic rings. The predicted octanol–water partition coefficient (Wildman–Crippen LogP) is 1.98. The quantitative estimate of drug-likeness (QED) is 0.355. The Morgan fingerprint density at radius 3 is 2.45 bits per heavy atom. The van der Waals surface area contributed by atoms with E-state index in [4.69, 9.17) is 0 Å². The monoisotopic (exact) mass is 284 g/mol. The lowest BCUT2D eigenvalue weighted by atomic mass is 10.2. The molecule has 1 rings (SSSR count). The molecule has 112 valence electrons. The number of Topliss-reactive ketones (excluding diaryl/α,β-unsaturated/α-hetero) is 1. The number of rotatable bonds is 5. The van der Waals surface area contributed by atoms with Crippen molar-refractivity contribution >= 4 is 17.8 Å². The van der Waals surface area contributed by atoms with Crippen LogP contribution in [0.15, 0.2) is 18.3 Å².